The molecular weight excluding hydrogens is 208 g/mol. The molecule has 2 aliphatic rings. The summed E-state index contributed by atoms with van der Waals surface area (Å²) in [5.41, 5.74) is 4.25. The highest BCUT2D eigenvalue weighted by Gasteiger charge is 2.35. The van der Waals surface area contributed by atoms with Crippen LogP contribution in [0.25, 0.3) is 0 Å². The molecule has 0 bridgehead atoms. The molecule has 2 nitrogen and oxygen atoms in total. The average molecular weight is 230 g/mol. The molecule has 2 fully saturated rings. The minimum Gasteiger partial charge on any atom is -0.367 e. The minimum atomic E-state index is 0.726. The van der Waals surface area contributed by atoms with Crippen molar-refractivity contribution in [3.63, 3.8) is 0 Å². The third-order valence-electron chi connectivity index (χ3n) is 4.29. The van der Waals surface area contributed by atoms with Crippen LogP contribution in [0.15, 0.2) is 18.2 Å². The maximum atomic E-state index is 3.65. The lowest BCUT2D eigenvalue weighted by molar-refractivity contribution is 0.412. The van der Waals surface area contributed by atoms with Crippen molar-refractivity contribution in [3.8, 4) is 0 Å². The second-order valence-corrected chi connectivity index (χ2v) is 5.54. The second-order valence-electron chi connectivity index (χ2n) is 5.54. The van der Waals surface area contributed by atoms with Crippen molar-refractivity contribution >= 4 is 5.69 Å². The van der Waals surface area contributed by atoms with Gasteiger partial charge in [-0.25, -0.2) is 0 Å². The molecule has 2 heterocycles. The molecule has 1 aromatic rings. The topological polar surface area (TPSA) is 15.3 Å². The number of hydrogen-bond donors (Lipinski definition) is 1. The van der Waals surface area contributed by atoms with Crippen LogP contribution in [0, 0.1) is 13.8 Å². The molecule has 2 unspecified atom stereocenters. The molecule has 0 amide bonds. The van der Waals surface area contributed by atoms with Crippen molar-refractivity contribution in [2.75, 3.05) is 18.0 Å². The van der Waals surface area contributed by atoms with Crippen molar-refractivity contribution in [2.24, 2.45) is 0 Å². The SMILES string of the molecule is Cc1ccc(N2CCCC3NCCC32)c(C)c1. The molecule has 2 heteroatoms. The van der Waals surface area contributed by atoms with Crippen molar-refractivity contribution in [1.82, 2.24) is 5.32 Å². The zero-order chi connectivity index (χ0) is 11.8. The van der Waals surface area contributed by atoms with Crippen LogP contribution in [0.3, 0.4) is 0 Å². The van der Waals surface area contributed by atoms with Crippen molar-refractivity contribution in [3.05, 3.63) is 29.3 Å². The molecule has 0 radical (unpaired) electrons. The zero-order valence-corrected chi connectivity index (χ0v) is 10.9. The smallest absolute Gasteiger partial charge is 0.0455 e. The summed E-state index contributed by atoms with van der Waals surface area (Å²) in [7, 11) is 0. The monoisotopic (exact) mass is 230 g/mol. The van der Waals surface area contributed by atoms with E-state index >= 15 is 0 Å². The molecule has 2 saturated heterocycles. The normalized spacial score (nSPS) is 28.2. The summed E-state index contributed by atoms with van der Waals surface area (Å²) < 4.78 is 0. The maximum absolute atomic E-state index is 3.65. The Morgan fingerprint density at radius 3 is 2.94 bits per heavy atom. The fraction of sp³-hybridized carbons (Fsp3) is 0.600. The Bertz CT molecular complexity index is 413. The largest absolute Gasteiger partial charge is 0.367 e. The molecule has 0 aliphatic carbocycles. The maximum Gasteiger partial charge on any atom is 0.0455 e. The molecule has 1 N–H and O–H groups in total. The number of aryl methyl sites for hydroxylation is 2. The highest BCUT2D eigenvalue weighted by molar-refractivity contribution is 5.56. The number of rotatable bonds is 1. The lowest BCUT2D eigenvalue weighted by Crippen LogP contribution is -2.48. The average Bonchev–Trinajstić information content (AvgIpc) is 2.77. The molecule has 92 valence electrons. The van der Waals surface area contributed by atoms with Gasteiger partial charge in [0.25, 0.3) is 0 Å². The molecule has 0 saturated carbocycles. The summed E-state index contributed by atoms with van der Waals surface area (Å²) in [5, 5.41) is 3.65. The Kier molecular flexibility index (Phi) is 2.83. The summed E-state index contributed by atoms with van der Waals surface area (Å²) in [6.07, 6.45) is 3.98. The summed E-state index contributed by atoms with van der Waals surface area (Å²) in [4.78, 5) is 2.64. The van der Waals surface area contributed by atoms with Gasteiger partial charge in [-0.1, -0.05) is 17.7 Å². The summed E-state index contributed by atoms with van der Waals surface area (Å²) in [6, 6.07) is 8.32. The van der Waals surface area contributed by atoms with Crippen molar-refractivity contribution < 1.29 is 0 Å². The summed E-state index contributed by atoms with van der Waals surface area (Å²) in [6.45, 7) is 6.84. The van der Waals surface area contributed by atoms with Crippen LogP contribution in [0.2, 0.25) is 0 Å². The van der Waals surface area contributed by atoms with Gasteiger partial charge in [-0.2, -0.15) is 0 Å². The van der Waals surface area contributed by atoms with E-state index < -0.39 is 0 Å². The van der Waals surface area contributed by atoms with E-state index in [1.165, 1.54) is 49.2 Å². The molecule has 0 spiro atoms. The Morgan fingerprint density at radius 2 is 2.12 bits per heavy atom. The highest BCUT2D eigenvalue weighted by Crippen LogP contribution is 2.31. The molecule has 17 heavy (non-hydrogen) atoms. The van der Waals surface area contributed by atoms with E-state index in [4.69, 9.17) is 0 Å². The van der Waals surface area contributed by atoms with Gasteiger partial charge >= 0.3 is 0 Å². The van der Waals surface area contributed by atoms with E-state index in [1.54, 1.807) is 0 Å². The lowest BCUT2D eigenvalue weighted by atomic mass is 9.95. The molecule has 0 aromatic heterocycles. The van der Waals surface area contributed by atoms with Crippen LogP contribution in [0.5, 0.6) is 0 Å². The Hall–Kier alpha value is -1.02. The van der Waals surface area contributed by atoms with Crippen LogP contribution >= 0.6 is 0 Å². The second kappa shape index (κ2) is 4.34. The summed E-state index contributed by atoms with van der Waals surface area (Å²) >= 11 is 0. The van der Waals surface area contributed by atoms with Gasteiger partial charge < -0.3 is 10.2 Å². The number of anilines is 1. The van der Waals surface area contributed by atoms with Crippen LogP contribution in [-0.4, -0.2) is 25.2 Å². The van der Waals surface area contributed by atoms with Crippen LogP contribution in [0.4, 0.5) is 5.69 Å². The van der Waals surface area contributed by atoms with Crippen LogP contribution in [0.1, 0.15) is 30.4 Å². The first-order valence-electron chi connectivity index (χ1n) is 6.83. The summed E-state index contributed by atoms with van der Waals surface area (Å²) in [5.74, 6) is 0. The van der Waals surface area contributed by atoms with Crippen molar-refractivity contribution in [1.29, 1.82) is 0 Å². The lowest BCUT2D eigenvalue weighted by Gasteiger charge is -2.40. The van der Waals surface area contributed by atoms with Gasteiger partial charge in [0.2, 0.25) is 0 Å². The zero-order valence-electron chi connectivity index (χ0n) is 10.9. The van der Waals surface area contributed by atoms with E-state index in [1.807, 2.05) is 0 Å². The van der Waals surface area contributed by atoms with E-state index in [9.17, 15) is 0 Å². The van der Waals surface area contributed by atoms with Gasteiger partial charge in [0.05, 0.1) is 0 Å². The molecule has 1 aromatic carbocycles. The third-order valence-corrected chi connectivity index (χ3v) is 4.29. The molecule has 2 atom stereocenters. The van der Waals surface area contributed by atoms with Crippen LogP contribution in [-0.2, 0) is 0 Å². The van der Waals surface area contributed by atoms with E-state index in [0.29, 0.717) is 0 Å². The van der Waals surface area contributed by atoms with Gasteiger partial charge in [0.1, 0.15) is 0 Å². The number of nitrogens with zero attached hydrogens (tertiary/aromatic N) is 1. The fourth-order valence-corrected chi connectivity index (χ4v) is 3.50. The van der Waals surface area contributed by atoms with Gasteiger partial charge in [0.15, 0.2) is 0 Å². The predicted octanol–water partition coefficient (Wildman–Crippen LogP) is 2.63. The van der Waals surface area contributed by atoms with Gasteiger partial charge in [-0.05, 0) is 51.3 Å². The number of benzene rings is 1. The molecule has 2 aliphatic heterocycles. The molecule has 3 rings (SSSR count). The van der Waals surface area contributed by atoms with Gasteiger partial charge in [0, 0.05) is 24.3 Å². The Morgan fingerprint density at radius 1 is 1.24 bits per heavy atom. The Labute approximate surface area is 104 Å². The minimum absolute atomic E-state index is 0.726. The third kappa shape index (κ3) is 1.95. The first-order chi connectivity index (χ1) is 8.25. The first kappa shape index (κ1) is 11.1. The van der Waals surface area contributed by atoms with Gasteiger partial charge in [-0.15, -0.1) is 0 Å². The Balaban J connectivity index is 1.91. The first-order valence-corrected chi connectivity index (χ1v) is 6.83. The fourth-order valence-electron chi connectivity index (χ4n) is 3.50. The van der Waals surface area contributed by atoms with E-state index in [2.05, 4.69) is 42.3 Å². The van der Waals surface area contributed by atoms with Crippen molar-refractivity contribution in [2.45, 2.75) is 45.2 Å². The quantitative estimate of drug-likeness (QED) is 0.798. The predicted molar refractivity (Wildman–Crippen MR) is 72.7 cm³/mol. The van der Waals surface area contributed by atoms with Crippen LogP contribution < -0.4 is 10.2 Å². The molecular formula is C15H22N2. The number of piperidine rings is 1. The van der Waals surface area contributed by atoms with Gasteiger partial charge in [-0.3, -0.25) is 0 Å². The van der Waals surface area contributed by atoms with E-state index in [-0.39, 0.29) is 0 Å². The highest BCUT2D eigenvalue weighted by atomic mass is 15.2. The standard InChI is InChI=1S/C15H22N2/c1-11-5-6-14(12(2)10-11)17-9-3-4-13-15(17)7-8-16-13/h5-6,10,13,15-16H,3-4,7-9H2,1-2H3. The number of fused-ring (bicyclic) bond motifs is 1. The number of hydrogen-bond acceptors (Lipinski definition) is 2. The number of nitrogens with one attached hydrogen (secondary N) is 1. The van der Waals surface area contributed by atoms with E-state index in [0.717, 1.165) is 12.1 Å².